The van der Waals surface area contributed by atoms with Gasteiger partial charge in [0.25, 0.3) is 0 Å². The lowest BCUT2D eigenvalue weighted by molar-refractivity contribution is 0.132. The summed E-state index contributed by atoms with van der Waals surface area (Å²) >= 11 is 1.84. The van der Waals surface area contributed by atoms with E-state index in [4.69, 9.17) is 0 Å². The first-order valence-corrected chi connectivity index (χ1v) is 8.81. The quantitative estimate of drug-likeness (QED) is 0.728. The van der Waals surface area contributed by atoms with Crippen LogP contribution in [-0.4, -0.2) is 28.2 Å². The van der Waals surface area contributed by atoms with Crippen molar-refractivity contribution in [3.8, 4) is 0 Å². The second kappa shape index (κ2) is 7.46. The van der Waals surface area contributed by atoms with Crippen molar-refractivity contribution in [1.29, 1.82) is 0 Å². The summed E-state index contributed by atoms with van der Waals surface area (Å²) in [4.78, 5) is 7.30. The molecule has 1 saturated heterocycles. The molecule has 0 N–H and O–H groups in total. The average Bonchev–Trinajstić information content (AvgIpc) is 2.39. The largest absolute Gasteiger partial charge is 0.296 e. The SMILES string of the molecule is CC(C)CN1CCCC[C@H]1c1ccc(SC(C)C)nc1. The Labute approximate surface area is 128 Å². The topological polar surface area (TPSA) is 16.1 Å². The van der Waals surface area contributed by atoms with E-state index in [2.05, 4.69) is 55.9 Å². The highest BCUT2D eigenvalue weighted by atomic mass is 32.2. The first-order valence-electron chi connectivity index (χ1n) is 7.93. The molecule has 0 aromatic carbocycles. The van der Waals surface area contributed by atoms with Crippen LogP contribution in [0.25, 0.3) is 0 Å². The van der Waals surface area contributed by atoms with Crippen molar-refractivity contribution in [3.63, 3.8) is 0 Å². The van der Waals surface area contributed by atoms with Gasteiger partial charge in [-0.05, 0) is 36.9 Å². The summed E-state index contributed by atoms with van der Waals surface area (Å²) in [6.07, 6.45) is 6.08. The Hall–Kier alpha value is -0.540. The second-order valence-electron chi connectivity index (χ2n) is 6.50. The van der Waals surface area contributed by atoms with Crippen LogP contribution in [0, 0.1) is 5.92 Å². The van der Waals surface area contributed by atoms with Gasteiger partial charge in [-0.25, -0.2) is 4.98 Å². The molecule has 1 aliphatic heterocycles. The number of hydrogen-bond acceptors (Lipinski definition) is 3. The Morgan fingerprint density at radius 2 is 2.05 bits per heavy atom. The van der Waals surface area contributed by atoms with E-state index in [1.165, 1.54) is 37.9 Å². The van der Waals surface area contributed by atoms with E-state index in [9.17, 15) is 0 Å². The van der Waals surface area contributed by atoms with Crippen molar-refractivity contribution in [2.75, 3.05) is 13.1 Å². The summed E-state index contributed by atoms with van der Waals surface area (Å²) in [6, 6.07) is 5.07. The standard InChI is InChI=1S/C17H28N2S/c1-13(2)12-19-10-6-5-7-16(19)15-8-9-17(18-11-15)20-14(3)4/h8-9,11,13-14,16H,5-7,10,12H2,1-4H3/t16-/m0/s1. The van der Waals surface area contributed by atoms with Gasteiger partial charge in [0, 0.05) is 24.0 Å². The lowest BCUT2D eigenvalue weighted by Gasteiger charge is -2.37. The van der Waals surface area contributed by atoms with Gasteiger partial charge < -0.3 is 0 Å². The molecular formula is C17H28N2S. The molecule has 2 nitrogen and oxygen atoms in total. The molecule has 0 unspecified atom stereocenters. The molecule has 0 radical (unpaired) electrons. The predicted octanol–water partition coefficient (Wildman–Crippen LogP) is 4.77. The molecular weight excluding hydrogens is 264 g/mol. The van der Waals surface area contributed by atoms with Crippen LogP contribution in [0.5, 0.6) is 0 Å². The van der Waals surface area contributed by atoms with Crippen LogP contribution in [0.2, 0.25) is 0 Å². The number of nitrogens with zero attached hydrogens (tertiary/aromatic N) is 2. The van der Waals surface area contributed by atoms with E-state index in [0.29, 0.717) is 11.3 Å². The maximum Gasteiger partial charge on any atom is 0.0962 e. The molecule has 20 heavy (non-hydrogen) atoms. The fourth-order valence-corrected chi connectivity index (χ4v) is 3.70. The highest BCUT2D eigenvalue weighted by molar-refractivity contribution is 7.99. The zero-order valence-corrected chi connectivity index (χ0v) is 14.1. The Morgan fingerprint density at radius 3 is 2.65 bits per heavy atom. The van der Waals surface area contributed by atoms with Gasteiger partial charge in [0.2, 0.25) is 0 Å². The van der Waals surface area contributed by atoms with Crippen molar-refractivity contribution in [2.24, 2.45) is 5.92 Å². The van der Waals surface area contributed by atoms with E-state index in [1.54, 1.807) is 0 Å². The molecule has 0 spiro atoms. The van der Waals surface area contributed by atoms with Crippen molar-refractivity contribution in [2.45, 2.75) is 63.3 Å². The smallest absolute Gasteiger partial charge is 0.0962 e. The fourth-order valence-electron chi connectivity index (χ4n) is 2.96. The third kappa shape index (κ3) is 4.49. The predicted molar refractivity (Wildman–Crippen MR) is 88.2 cm³/mol. The maximum atomic E-state index is 4.64. The fraction of sp³-hybridized carbons (Fsp3) is 0.706. The first kappa shape index (κ1) is 15.8. The van der Waals surface area contributed by atoms with Gasteiger partial charge in [-0.2, -0.15) is 0 Å². The van der Waals surface area contributed by atoms with Crippen molar-refractivity contribution in [3.05, 3.63) is 23.9 Å². The molecule has 2 rings (SSSR count). The minimum absolute atomic E-state index is 0.580. The number of piperidine rings is 1. The summed E-state index contributed by atoms with van der Waals surface area (Å²) in [5.74, 6) is 0.735. The van der Waals surface area contributed by atoms with Gasteiger partial charge >= 0.3 is 0 Å². The third-order valence-electron chi connectivity index (χ3n) is 3.71. The zero-order valence-electron chi connectivity index (χ0n) is 13.3. The van der Waals surface area contributed by atoms with E-state index in [1.807, 2.05) is 11.8 Å². The number of pyridine rings is 1. The lowest BCUT2D eigenvalue weighted by Crippen LogP contribution is -2.36. The Kier molecular flexibility index (Phi) is 5.91. The number of rotatable bonds is 5. The Balaban J connectivity index is 2.07. The Morgan fingerprint density at radius 1 is 1.25 bits per heavy atom. The molecule has 1 atom stereocenters. The normalized spacial score (nSPS) is 20.8. The van der Waals surface area contributed by atoms with Gasteiger partial charge in [0.1, 0.15) is 0 Å². The van der Waals surface area contributed by atoms with Crippen molar-refractivity contribution in [1.82, 2.24) is 9.88 Å². The van der Waals surface area contributed by atoms with Gasteiger partial charge in [0.15, 0.2) is 0 Å². The molecule has 1 fully saturated rings. The van der Waals surface area contributed by atoms with E-state index in [0.717, 1.165) is 10.9 Å². The highest BCUT2D eigenvalue weighted by Gasteiger charge is 2.24. The molecule has 0 amide bonds. The van der Waals surface area contributed by atoms with Crippen molar-refractivity contribution < 1.29 is 0 Å². The van der Waals surface area contributed by atoms with Crippen LogP contribution < -0.4 is 0 Å². The van der Waals surface area contributed by atoms with E-state index < -0.39 is 0 Å². The van der Waals surface area contributed by atoms with Gasteiger partial charge in [-0.15, -0.1) is 11.8 Å². The molecule has 0 saturated carbocycles. The summed E-state index contributed by atoms with van der Waals surface area (Å²) < 4.78 is 0. The molecule has 1 aliphatic rings. The number of aromatic nitrogens is 1. The minimum Gasteiger partial charge on any atom is -0.296 e. The monoisotopic (exact) mass is 292 g/mol. The van der Waals surface area contributed by atoms with Crippen LogP contribution in [0.15, 0.2) is 23.4 Å². The van der Waals surface area contributed by atoms with Crippen LogP contribution in [-0.2, 0) is 0 Å². The molecule has 0 aliphatic carbocycles. The van der Waals surface area contributed by atoms with E-state index >= 15 is 0 Å². The Bertz CT molecular complexity index is 400. The maximum absolute atomic E-state index is 4.64. The van der Waals surface area contributed by atoms with Crippen LogP contribution in [0.1, 0.15) is 58.6 Å². The van der Waals surface area contributed by atoms with Gasteiger partial charge in [0.05, 0.1) is 5.03 Å². The lowest BCUT2D eigenvalue weighted by atomic mass is 9.95. The zero-order chi connectivity index (χ0) is 14.5. The van der Waals surface area contributed by atoms with Crippen LogP contribution in [0.4, 0.5) is 0 Å². The summed E-state index contributed by atoms with van der Waals surface area (Å²) in [6.45, 7) is 11.5. The highest BCUT2D eigenvalue weighted by Crippen LogP contribution is 2.32. The van der Waals surface area contributed by atoms with Crippen molar-refractivity contribution >= 4 is 11.8 Å². The second-order valence-corrected chi connectivity index (χ2v) is 8.09. The van der Waals surface area contributed by atoms with Gasteiger partial charge in [-0.3, -0.25) is 4.90 Å². The molecule has 1 aromatic rings. The third-order valence-corrected chi connectivity index (χ3v) is 4.67. The minimum atomic E-state index is 0.580. The number of likely N-dealkylation sites (tertiary alicyclic amines) is 1. The summed E-state index contributed by atoms with van der Waals surface area (Å²) in [7, 11) is 0. The van der Waals surface area contributed by atoms with Gasteiger partial charge in [-0.1, -0.05) is 40.2 Å². The molecule has 112 valence electrons. The van der Waals surface area contributed by atoms with Crippen LogP contribution >= 0.6 is 11.8 Å². The molecule has 3 heteroatoms. The average molecular weight is 292 g/mol. The summed E-state index contributed by atoms with van der Waals surface area (Å²) in [5, 5.41) is 1.75. The molecule has 0 bridgehead atoms. The molecule has 1 aromatic heterocycles. The number of hydrogen-bond donors (Lipinski definition) is 0. The molecule has 2 heterocycles. The summed E-state index contributed by atoms with van der Waals surface area (Å²) in [5.41, 5.74) is 1.40. The van der Waals surface area contributed by atoms with E-state index in [-0.39, 0.29) is 0 Å². The van der Waals surface area contributed by atoms with Crippen LogP contribution in [0.3, 0.4) is 0 Å². The first-order chi connectivity index (χ1) is 9.56. The number of thioether (sulfide) groups is 1.